The molecule has 1 aromatic heterocycles. The molecule has 3 N–H and O–H groups in total. The molecule has 1 unspecified atom stereocenters. The molecule has 0 aliphatic heterocycles. The van der Waals surface area contributed by atoms with Gasteiger partial charge in [-0.3, -0.25) is 4.79 Å². The molecular formula is C13H18F3N3O3. The van der Waals surface area contributed by atoms with Gasteiger partial charge < -0.3 is 20.3 Å². The van der Waals surface area contributed by atoms with Crippen molar-refractivity contribution in [3.05, 3.63) is 28.7 Å². The summed E-state index contributed by atoms with van der Waals surface area (Å²) in [6.45, 7) is 0.549. The van der Waals surface area contributed by atoms with Gasteiger partial charge in [0.15, 0.2) is 0 Å². The highest BCUT2D eigenvalue weighted by molar-refractivity contribution is 5.88. The number of amides is 2. The van der Waals surface area contributed by atoms with Crippen LogP contribution in [0.15, 0.2) is 23.1 Å². The number of rotatable bonds is 6. The molecule has 6 nitrogen and oxygen atoms in total. The van der Waals surface area contributed by atoms with Gasteiger partial charge in [-0.15, -0.1) is 0 Å². The fraction of sp³-hybridized carbons (Fsp3) is 0.538. The number of halogens is 3. The van der Waals surface area contributed by atoms with E-state index in [0.29, 0.717) is 17.4 Å². The Labute approximate surface area is 124 Å². The number of urea groups is 1. The number of nitrogens with zero attached hydrogens (tertiary/aromatic N) is 1. The van der Waals surface area contributed by atoms with Crippen molar-refractivity contribution in [2.75, 3.05) is 11.9 Å². The Hall–Kier alpha value is -2.03. The number of aliphatic hydroxyl groups is 1. The maximum Gasteiger partial charge on any atom is 0.406 e. The zero-order valence-electron chi connectivity index (χ0n) is 12.0. The Balaban J connectivity index is 2.64. The fourth-order valence-corrected chi connectivity index (χ4v) is 1.67. The standard InChI is InChI=1S/C13H18F3N3O3/c1-2-9(20)5-6-17-12(22)18-10-4-3-7-19(11(10)21)8-13(14,15)16/h3-4,7,9,20H,2,5-6,8H2,1H3,(H2,17,18,22). The number of hydrogen-bond acceptors (Lipinski definition) is 3. The van der Waals surface area contributed by atoms with Crippen LogP contribution >= 0.6 is 0 Å². The first-order chi connectivity index (χ1) is 10.2. The molecule has 1 heterocycles. The van der Waals surface area contributed by atoms with Crippen molar-refractivity contribution in [2.45, 2.75) is 38.6 Å². The van der Waals surface area contributed by atoms with Crippen molar-refractivity contribution in [3.8, 4) is 0 Å². The molecule has 0 saturated heterocycles. The second-order valence-electron chi connectivity index (χ2n) is 4.70. The number of carbonyl (C=O) groups excluding carboxylic acids is 1. The molecule has 0 aromatic carbocycles. The van der Waals surface area contributed by atoms with Crippen molar-refractivity contribution in [2.24, 2.45) is 0 Å². The van der Waals surface area contributed by atoms with E-state index < -0.39 is 30.4 Å². The minimum Gasteiger partial charge on any atom is -0.393 e. The number of hydrogen-bond donors (Lipinski definition) is 3. The topological polar surface area (TPSA) is 83.4 Å². The quantitative estimate of drug-likeness (QED) is 0.745. The molecule has 0 aliphatic carbocycles. The average Bonchev–Trinajstić information content (AvgIpc) is 2.41. The molecule has 2 amide bonds. The van der Waals surface area contributed by atoms with Crippen LogP contribution in [0.4, 0.5) is 23.7 Å². The van der Waals surface area contributed by atoms with Crippen LogP contribution in [-0.4, -0.2) is 34.5 Å². The summed E-state index contributed by atoms with van der Waals surface area (Å²) in [4.78, 5) is 23.3. The zero-order valence-corrected chi connectivity index (χ0v) is 12.0. The maximum atomic E-state index is 12.3. The van der Waals surface area contributed by atoms with Crippen LogP contribution in [-0.2, 0) is 6.54 Å². The van der Waals surface area contributed by atoms with E-state index in [1.54, 1.807) is 6.92 Å². The third kappa shape index (κ3) is 6.17. The first kappa shape index (κ1) is 18.0. The van der Waals surface area contributed by atoms with Crippen molar-refractivity contribution in [3.63, 3.8) is 0 Å². The van der Waals surface area contributed by atoms with Gasteiger partial charge in [0.05, 0.1) is 6.10 Å². The van der Waals surface area contributed by atoms with Crippen LogP contribution in [0.3, 0.4) is 0 Å². The minimum atomic E-state index is -4.53. The lowest BCUT2D eigenvalue weighted by Gasteiger charge is -2.12. The Bertz CT molecular complexity index is 557. The van der Waals surface area contributed by atoms with Crippen molar-refractivity contribution >= 4 is 11.7 Å². The number of nitrogens with one attached hydrogen (secondary N) is 2. The summed E-state index contributed by atoms with van der Waals surface area (Å²) in [5, 5.41) is 13.9. The first-order valence-corrected chi connectivity index (χ1v) is 6.72. The van der Waals surface area contributed by atoms with E-state index in [9.17, 15) is 27.9 Å². The molecule has 0 aliphatic rings. The summed E-state index contributed by atoms with van der Waals surface area (Å²) in [5.41, 5.74) is -1.19. The van der Waals surface area contributed by atoms with Gasteiger partial charge in [0.2, 0.25) is 0 Å². The van der Waals surface area contributed by atoms with Gasteiger partial charge in [0.1, 0.15) is 12.2 Å². The Morgan fingerprint density at radius 2 is 2.14 bits per heavy atom. The molecule has 0 fully saturated rings. The highest BCUT2D eigenvalue weighted by Crippen LogP contribution is 2.16. The van der Waals surface area contributed by atoms with E-state index in [1.165, 1.54) is 12.1 Å². The van der Waals surface area contributed by atoms with Crippen LogP contribution in [0.1, 0.15) is 19.8 Å². The molecule has 22 heavy (non-hydrogen) atoms. The molecule has 0 saturated carbocycles. The largest absolute Gasteiger partial charge is 0.406 e. The van der Waals surface area contributed by atoms with Gasteiger partial charge in [-0.25, -0.2) is 4.79 Å². The summed E-state index contributed by atoms with van der Waals surface area (Å²) >= 11 is 0. The van der Waals surface area contributed by atoms with Gasteiger partial charge in [-0.1, -0.05) is 6.92 Å². The molecule has 0 spiro atoms. The number of aliphatic hydroxyl groups excluding tert-OH is 1. The van der Waals surface area contributed by atoms with Crippen LogP contribution in [0.5, 0.6) is 0 Å². The van der Waals surface area contributed by atoms with E-state index >= 15 is 0 Å². The van der Waals surface area contributed by atoms with Crippen molar-refractivity contribution in [1.29, 1.82) is 0 Å². The fourth-order valence-electron chi connectivity index (χ4n) is 1.67. The van der Waals surface area contributed by atoms with Crippen LogP contribution in [0.2, 0.25) is 0 Å². The second-order valence-corrected chi connectivity index (χ2v) is 4.70. The Kier molecular flexibility index (Phi) is 6.41. The third-order valence-corrected chi connectivity index (χ3v) is 2.85. The van der Waals surface area contributed by atoms with Gasteiger partial charge >= 0.3 is 12.2 Å². The number of carbonyl (C=O) groups is 1. The third-order valence-electron chi connectivity index (χ3n) is 2.85. The predicted molar refractivity (Wildman–Crippen MR) is 74.7 cm³/mol. The highest BCUT2D eigenvalue weighted by Gasteiger charge is 2.28. The summed E-state index contributed by atoms with van der Waals surface area (Å²) in [6, 6.07) is 1.74. The minimum absolute atomic E-state index is 0.185. The highest BCUT2D eigenvalue weighted by atomic mass is 19.4. The monoisotopic (exact) mass is 321 g/mol. The van der Waals surface area contributed by atoms with Gasteiger partial charge in [0, 0.05) is 12.7 Å². The molecule has 0 radical (unpaired) electrons. The lowest BCUT2D eigenvalue weighted by molar-refractivity contribution is -0.141. The molecule has 1 rings (SSSR count). The number of alkyl halides is 3. The predicted octanol–water partition coefficient (Wildman–Crippen LogP) is 1.69. The van der Waals surface area contributed by atoms with Crippen LogP contribution in [0, 0.1) is 0 Å². The summed E-state index contributed by atoms with van der Waals surface area (Å²) < 4.78 is 37.4. The molecule has 124 valence electrons. The first-order valence-electron chi connectivity index (χ1n) is 6.72. The van der Waals surface area contributed by atoms with Gasteiger partial charge in [-0.05, 0) is 25.0 Å². The zero-order chi connectivity index (χ0) is 16.8. The Morgan fingerprint density at radius 1 is 1.45 bits per heavy atom. The summed E-state index contributed by atoms with van der Waals surface area (Å²) in [6.07, 6.45) is -3.18. The average molecular weight is 321 g/mol. The molecule has 9 heteroatoms. The molecule has 0 bridgehead atoms. The number of anilines is 1. The van der Waals surface area contributed by atoms with E-state index in [-0.39, 0.29) is 12.2 Å². The SMILES string of the molecule is CCC(O)CCNC(=O)Nc1cccn(CC(F)(F)F)c1=O. The van der Waals surface area contributed by atoms with Crippen molar-refractivity contribution < 1.29 is 23.1 Å². The maximum absolute atomic E-state index is 12.3. The smallest absolute Gasteiger partial charge is 0.393 e. The normalized spacial score (nSPS) is 12.8. The van der Waals surface area contributed by atoms with E-state index in [2.05, 4.69) is 10.6 Å². The number of aromatic nitrogens is 1. The molecule has 1 atom stereocenters. The number of pyridine rings is 1. The van der Waals surface area contributed by atoms with Crippen LogP contribution in [0.25, 0.3) is 0 Å². The molecular weight excluding hydrogens is 303 g/mol. The van der Waals surface area contributed by atoms with Gasteiger partial charge in [-0.2, -0.15) is 13.2 Å². The Morgan fingerprint density at radius 3 is 2.73 bits per heavy atom. The summed E-state index contributed by atoms with van der Waals surface area (Å²) in [7, 11) is 0. The van der Waals surface area contributed by atoms with Gasteiger partial charge in [0.25, 0.3) is 5.56 Å². The summed E-state index contributed by atoms with van der Waals surface area (Å²) in [5.74, 6) is 0. The van der Waals surface area contributed by atoms with E-state index in [0.717, 1.165) is 6.20 Å². The second kappa shape index (κ2) is 7.83. The van der Waals surface area contributed by atoms with E-state index in [1.807, 2.05) is 0 Å². The molecule has 1 aromatic rings. The lowest BCUT2D eigenvalue weighted by atomic mass is 10.2. The van der Waals surface area contributed by atoms with E-state index in [4.69, 9.17) is 0 Å². The lowest BCUT2D eigenvalue weighted by Crippen LogP contribution is -2.35. The van der Waals surface area contributed by atoms with Crippen molar-refractivity contribution in [1.82, 2.24) is 9.88 Å². The van der Waals surface area contributed by atoms with Crippen LogP contribution < -0.4 is 16.2 Å².